The molecule has 2 nitrogen and oxygen atoms in total. The number of aliphatic hydroxyl groups is 1. The molecule has 6 heteroatoms. The van der Waals surface area contributed by atoms with Crippen LogP contribution in [0.4, 0.5) is 13.2 Å². The van der Waals surface area contributed by atoms with Crippen molar-refractivity contribution in [2.24, 2.45) is 5.73 Å². The predicted octanol–water partition coefficient (Wildman–Crippen LogP) is 2.57. The van der Waals surface area contributed by atoms with E-state index in [2.05, 4.69) is 0 Å². The molecule has 0 spiro atoms. The molecule has 0 bridgehead atoms. The topological polar surface area (TPSA) is 46.2 Å². The maximum absolute atomic E-state index is 12.9. The van der Waals surface area contributed by atoms with Gasteiger partial charge in [-0.15, -0.1) is 0 Å². The van der Waals surface area contributed by atoms with Crippen LogP contribution in [0.1, 0.15) is 18.1 Å². The quantitative estimate of drug-likeness (QED) is 0.884. The van der Waals surface area contributed by atoms with Gasteiger partial charge < -0.3 is 10.8 Å². The summed E-state index contributed by atoms with van der Waals surface area (Å²) in [6, 6.07) is 3.52. The van der Waals surface area contributed by atoms with Crippen molar-refractivity contribution in [2.75, 3.05) is 13.2 Å². The normalized spacial score (nSPS) is 15.7. The van der Waals surface area contributed by atoms with Crippen LogP contribution >= 0.6 is 11.6 Å². The van der Waals surface area contributed by atoms with Crippen molar-refractivity contribution >= 4 is 11.6 Å². The summed E-state index contributed by atoms with van der Waals surface area (Å²) in [5.74, 6) is 0. The average Bonchev–Trinajstić information content (AvgIpc) is 2.26. The van der Waals surface area contributed by atoms with Crippen LogP contribution in [0.5, 0.6) is 0 Å². The fourth-order valence-corrected chi connectivity index (χ4v) is 2.02. The van der Waals surface area contributed by atoms with Crippen molar-refractivity contribution in [3.8, 4) is 0 Å². The van der Waals surface area contributed by atoms with E-state index in [1.54, 1.807) is 0 Å². The summed E-state index contributed by atoms with van der Waals surface area (Å²) < 4.78 is 38.6. The largest absolute Gasteiger partial charge is 0.416 e. The van der Waals surface area contributed by atoms with Crippen molar-refractivity contribution in [2.45, 2.75) is 18.5 Å². The van der Waals surface area contributed by atoms with Gasteiger partial charge in [-0.2, -0.15) is 13.2 Å². The number of hydrogen-bond acceptors (Lipinski definition) is 2. The second kappa shape index (κ2) is 4.84. The second-order valence-electron chi connectivity index (χ2n) is 4.08. The molecule has 0 fully saturated rings. The molecule has 1 aromatic carbocycles. The van der Waals surface area contributed by atoms with Crippen LogP contribution in [0.2, 0.25) is 5.02 Å². The molecule has 0 aliphatic rings. The highest BCUT2D eigenvalue weighted by molar-refractivity contribution is 6.31. The van der Waals surface area contributed by atoms with Crippen LogP contribution in [-0.2, 0) is 11.6 Å². The fourth-order valence-electron chi connectivity index (χ4n) is 1.62. The first kappa shape index (κ1) is 14.3. The van der Waals surface area contributed by atoms with Gasteiger partial charge in [0.25, 0.3) is 0 Å². The lowest BCUT2D eigenvalue weighted by Gasteiger charge is -2.30. The lowest BCUT2D eigenvalue weighted by Crippen LogP contribution is -2.37. The Balaban J connectivity index is 3.51. The van der Waals surface area contributed by atoms with Gasteiger partial charge in [0.15, 0.2) is 0 Å². The van der Waals surface area contributed by atoms with Gasteiger partial charge in [-0.1, -0.05) is 24.6 Å². The summed E-state index contributed by atoms with van der Waals surface area (Å²) in [5.41, 5.74) is 3.23. The van der Waals surface area contributed by atoms with E-state index >= 15 is 0 Å². The van der Waals surface area contributed by atoms with Gasteiger partial charge in [0.1, 0.15) is 0 Å². The number of benzene rings is 1. The maximum Gasteiger partial charge on any atom is 0.416 e. The van der Waals surface area contributed by atoms with Crippen LogP contribution in [0.25, 0.3) is 0 Å². The summed E-state index contributed by atoms with van der Waals surface area (Å²) in [6.45, 7) is 0.816. The molecule has 0 aliphatic heterocycles. The van der Waals surface area contributed by atoms with Gasteiger partial charge >= 0.3 is 6.18 Å². The van der Waals surface area contributed by atoms with Gasteiger partial charge in [-0.25, -0.2) is 0 Å². The van der Waals surface area contributed by atoms with Gasteiger partial charge in [0, 0.05) is 17.0 Å². The Hall–Kier alpha value is -0.780. The van der Waals surface area contributed by atoms with E-state index in [9.17, 15) is 18.3 Å². The third-order valence-electron chi connectivity index (χ3n) is 2.72. The Morgan fingerprint density at radius 3 is 2.35 bits per heavy atom. The molecule has 0 amide bonds. The number of hydrogen-bond donors (Lipinski definition) is 2. The smallest absolute Gasteiger partial charge is 0.395 e. The molecule has 3 N–H and O–H groups in total. The third-order valence-corrected chi connectivity index (χ3v) is 3.04. The molecule has 1 rings (SSSR count). The fraction of sp³-hybridized carbons (Fsp3) is 0.455. The molecule has 0 saturated carbocycles. The standard InChI is InChI=1S/C11H13ClF3NO/c1-10(5-16,6-17)9-7(11(13,14)15)3-2-4-8(9)12/h2-4,17H,5-6,16H2,1H3. The van der Waals surface area contributed by atoms with E-state index < -0.39 is 23.8 Å². The number of nitrogens with two attached hydrogens (primary N) is 1. The first-order valence-corrected chi connectivity index (χ1v) is 5.31. The molecule has 0 heterocycles. The number of aliphatic hydroxyl groups excluding tert-OH is 1. The zero-order valence-electron chi connectivity index (χ0n) is 9.18. The molecule has 1 aromatic rings. The monoisotopic (exact) mass is 267 g/mol. The Morgan fingerprint density at radius 1 is 1.35 bits per heavy atom. The average molecular weight is 268 g/mol. The van der Waals surface area contributed by atoms with Crippen molar-refractivity contribution in [1.29, 1.82) is 0 Å². The molecular formula is C11H13ClF3NO. The molecule has 0 aliphatic carbocycles. The zero-order chi connectivity index (χ0) is 13.3. The molecule has 0 radical (unpaired) electrons. The third kappa shape index (κ3) is 2.73. The van der Waals surface area contributed by atoms with Crippen molar-refractivity contribution in [1.82, 2.24) is 0 Å². The first-order chi connectivity index (χ1) is 7.76. The Morgan fingerprint density at radius 2 is 1.94 bits per heavy atom. The van der Waals surface area contributed by atoms with E-state index in [0.29, 0.717) is 0 Å². The number of alkyl halides is 3. The van der Waals surface area contributed by atoms with Crippen LogP contribution < -0.4 is 5.73 Å². The minimum atomic E-state index is -4.52. The Labute approximate surface area is 102 Å². The molecule has 0 saturated heterocycles. The lowest BCUT2D eigenvalue weighted by atomic mass is 9.80. The van der Waals surface area contributed by atoms with Crippen LogP contribution in [0, 0.1) is 0 Å². The first-order valence-electron chi connectivity index (χ1n) is 4.93. The van der Waals surface area contributed by atoms with E-state index in [1.165, 1.54) is 19.1 Å². The summed E-state index contributed by atoms with van der Waals surface area (Å²) in [4.78, 5) is 0. The van der Waals surface area contributed by atoms with Crippen LogP contribution in [-0.4, -0.2) is 18.3 Å². The second-order valence-corrected chi connectivity index (χ2v) is 4.49. The van der Waals surface area contributed by atoms with Gasteiger partial charge in [0.05, 0.1) is 12.2 Å². The number of halogens is 4. The Bertz CT molecular complexity index is 402. The van der Waals surface area contributed by atoms with Crippen LogP contribution in [0.3, 0.4) is 0 Å². The van der Waals surface area contributed by atoms with E-state index in [-0.39, 0.29) is 17.1 Å². The SMILES string of the molecule is CC(CN)(CO)c1c(Cl)cccc1C(F)(F)F. The van der Waals surface area contributed by atoms with E-state index in [0.717, 1.165) is 6.07 Å². The van der Waals surface area contributed by atoms with Crippen molar-refractivity contribution < 1.29 is 18.3 Å². The molecule has 0 aromatic heterocycles. The molecule has 17 heavy (non-hydrogen) atoms. The Kier molecular flexibility index (Phi) is 4.06. The van der Waals surface area contributed by atoms with Gasteiger partial charge in [-0.05, 0) is 17.7 Å². The minimum Gasteiger partial charge on any atom is -0.395 e. The van der Waals surface area contributed by atoms with Crippen LogP contribution in [0.15, 0.2) is 18.2 Å². The predicted molar refractivity (Wildman–Crippen MR) is 59.9 cm³/mol. The van der Waals surface area contributed by atoms with E-state index in [4.69, 9.17) is 17.3 Å². The molecule has 1 unspecified atom stereocenters. The van der Waals surface area contributed by atoms with Gasteiger partial charge in [-0.3, -0.25) is 0 Å². The van der Waals surface area contributed by atoms with Crippen molar-refractivity contribution in [3.63, 3.8) is 0 Å². The highest BCUT2D eigenvalue weighted by Gasteiger charge is 2.40. The number of rotatable bonds is 3. The molecule has 1 atom stereocenters. The molecular weight excluding hydrogens is 255 g/mol. The van der Waals surface area contributed by atoms with Crippen molar-refractivity contribution in [3.05, 3.63) is 34.3 Å². The summed E-state index contributed by atoms with van der Waals surface area (Å²) in [6.07, 6.45) is -4.52. The summed E-state index contributed by atoms with van der Waals surface area (Å²) in [7, 11) is 0. The van der Waals surface area contributed by atoms with Gasteiger partial charge in [0.2, 0.25) is 0 Å². The lowest BCUT2D eigenvalue weighted by molar-refractivity contribution is -0.138. The maximum atomic E-state index is 12.9. The molecule has 96 valence electrons. The summed E-state index contributed by atoms with van der Waals surface area (Å²) in [5, 5.41) is 9.21. The zero-order valence-corrected chi connectivity index (χ0v) is 9.94. The van der Waals surface area contributed by atoms with E-state index in [1.807, 2.05) is 0 Å². The summed E-state index contributed by atoms with van der Waals surface area (Å²) >= 11 is 5.81. The highest BCUT2D eigenvalue weighted by atomic mass is 35.5. The minimum absolute atomic E-state index is 0.0400. The highest BCUT2D eigenvalue weighted by Crippen LogP contribution is 2.40.